The molecule has 0 radical (unpaired) electrons. The summed E-state index contributed by atoms with van der Waals surface area (Å²) >= 11 is 0. The van der Waals surface area contributed by atoms with Crippen LogP contribution in [-0.2, 0) is 14.8 Å². The lowest BCUT2D eigenvalue weighted by molar-refractivity contribution is 0.0730. The Balaban J connectivity index is 2.29. The second kappa shape index (κ2) is 6.17. The minimum absolute atomic E-state index is 0.250. The standard InChI is InChI=1S/C13H16N2O3S/c14-6-2-4-12-3-1-5-13(11-12)19(16,17)15-7-9-18-10-8-15/h1,3,5,11H,6-10,14H2. The molecule has 0 aliphatic carbocycles. The SMILES string of the molecule is NCC#Cc1cccc(S(=O)(=O)N2CCOCC2)c1. The van der Waals surface area contributed by atoms with Crippen LogP contribution in [0.25, 0.3) is 0 Å². The number of ether oxygens (including phenoxy) is 1. The van der Waals surface area contributed by atoms with Crippen molar-refractivity contribution in [1.29, 1.82) is 0 Å². The van der Waals surface area contributed by atoms with E-state index in [0.717, 1.165) is 0 Å². The zero-order valence-electron chi connectivity index (χ0n) is 10.5. The quantitative estimate of drug-likeness (QED) is 0.775. The van der Waals surface area contributed by atoms with E-state index < -0.39 is 10.0 Å². The molecule has 0 bridgehead atoms. The van der Waals surface area contributed by atoms with Gasteiger partial charge in [0.25, 0.3) is 0 Å². The first-order chi connectivity index (χ1) is 9.14. The molecule has 0 atom stereocenters. The summed E-state index contributed by atoms with van der Waals surface area (Å²) in [5.41, 5.74) is 5.96. The van der Waals surface area contributed by atoms with E-state index in [0.29, 0.717) is 31.9 Å². The smallest absolute Gasteiger partial charge is 0.243 e. The maximum atomic E-state index is 12.4. The third-order valence-electron chi connectivity index (χ3n) is 2.78. The van der Waals surface area contributed by atoms with E-state index in [4.69, 9.17) is 10.5 Å². The van der Waals surface area contributed by atoms with Crippen LogP contribution in [0.4, 0.5) is 0 Å². The number of morpholine rings is 1. The average molecular weight is 280 g/mol. The van der Waals surface area contributed by atoms with Crippen molar-refractivity contribution in [1.82, 2.24) is 4.31 Å². The van der Waals surface area contributed by atoms with Crippen molar-refractivity contribution in [2.45, 2.75) is 4.90 Å². The second-order valence-corrected chi connectivity index (χ2v) is 5.99. The Bertz CT molecular complexity index is 596. The highest BCUT2D eigenvalue weighted by Gasteiger charge is 2.26. The molecule has 0 amide bonds. The van der Waals surface area contributed by atoms with E-state index in [1.807, 2.05) is 0 Å². The molecule has 1 aromatic carbocycles. The van der Waals surface area contributed by atoms with E-state index in [1.54, 1.807) is 24.3 Å². The number of nitrogens with zero attached hydrogens (tertiary/aromatic N) is 1. The summed E-state index contributed by atoms with van der Waals surface area (Å²) in [6.07, 6.45) is 0. The molecule has 1 aromatic rings. The summed E-state index contributed by atoms with van der Waals surface area (Å²) in [4.78, 5) is 0.262. The molecule has 102 valence electrons. The van der Waals surface area contributed by atoms with Crippen LogP contribution in [0.5, 0.6) is 0 Å². The number of benzene rings is 1. The van der Waals surface area contributed by atoms with Gasteiger partial charge in [0.1, 0.15) is 0 Å². The first kappa shape index (κ1) is 14.0. The highest BCUT2D eigenvalue weighted by Crippen LogP contribution is 2.17. The van der Waals surface area contributed by atoms with Gasteiger partial charge in [-0.05, 0) is 18.2 Å². The summed E-state index contributed by atoms with van der Waals surface area (Å²) < 4.78 is 31.4. The average Bonchev–Trinajstić information content (AvgIpc) is 2.46. The van der Waals surface area contributed by atoms with Crippen LogP contribution in [0.3, 0.4) is 0 Å². The lowest BCUT2D eigenvalue weighted by Crippen LogP contribution is -2.40. The Hall–Kier alpha value is -1.39. The number of hydrogen-bond donors (Lipinski definition) is 1. The molecule has 0 saturated carbocycles. The summed E-state index contributed by atoms with van der Waals surface area (Å²) in [5, 5.41) is 0. The highest BCUT2D eigenvalue weighted by atomic mass is 32.2. The predicted molar refractivity (Wildman–Crippen MR) is 72.0 cm³/mol. The van der Waals surface area contributed by atoms with Gasteiger partial charge in [-0.15, -0.1) is 0 Å². The lowest BCUT2D eigenvalue weighted by atomic mass is 10.2. The van der Waals surface area contributed by atoms with Gasteiger partial charge in [0.05, 0.1) is 24.7 Å². The Morgan fingerprint density at radius 1 is 1.32 bits per heavy atom. The molecule has 0 spiro atoms. The maximum Gasteiger partial charge on any atom is 0.243 e. The Labute approximate surface area is 113 Å². The van der Waals surface area contributed by atoms with Crippen LogP contribution < -0.4 is 5.73 Å². The molecule has 1 aliphatic rings. The van der Waals surface area contributed by atoms with Crippen molar-refractivity contribution < 1.29 is 13.2 Å². The number of sulfonamides is 1. The Morgan fingerprint density at radius 3 is 2.74 bits per heavy atom. The van der Waals surface area contributed by atoms with Crippen LogP contribution in [0.15, 0.2) is 29.2 Å². The van der Waals surface area contributed by atoms with Crippen LogP contribution in [0.2, 0.25) is 0 Å². The minimum Gasteiger partial charge on any atom is -0.379 e. The van der Waals surface area contributed by atoms with Gasteiger partial charge in [-0.1, -0.05) is 17.9 Å². The minimum atomic E-state index is -3.46. The molecule has 5 nitrogen and oxygen atoms in total. The van der Waals surface area contributed by atoms with Gasteiger partial charge in [0, 0.05) is 18.7 Å². The van der Waals surface area contributed by atoms with E-state index in [2.05, 4.69) is 11.8 Å². The van der Waals surface area contributed by atoms with Crippen molar-refractivity contribution in [2.24, 2.45) is 5.73 Å². The molecular weight excluding hydrogens is 264 g/mol. The molecule has 2 N–H and O–H groups in total. The molecule has 1 fully saturated rings. The molecule has 1 saturated heterocycles. The van der Waals surface area contributed by atoms with Gasteiger partial charge in [-0.3, -0.25) is 0 Å². The van der Waals surface area contributed by atoms with E-state index in [-0.39, 0.29) is 11.4 Å². The van der Waals surface area contributed by atoms with Crippen LogP contribution in [-0.4, -0.2) is 45.6 Å². The number of nitrogens with two attached hydrogens (primary N) is 1. The molecule has 19 heavy (non-hydrogen) atoms. The van der Waals surface area contributed by atoms with E-state index in [9.17, 15) is 8.42 Å². The highest BCUT2D eigenvalue weighted by molar-refractivity contribution is 7.89. The summed E-state index contributed by atoms with van der Waals surface area (Å²) in [6.45, 7) is 1.90. The first-order valence-electron chi connectivity index (χ1n) is 6.01. The van der Waals surface area contributed by atoms with Crippen molar-refractivity contribution in [3.8, 4) is 11.8 Å². The van der Waals surface area contributed by atoms with Crippen molar-refractivity contribution in [2.75, 3.05) is 32.8 Å². The number of hydrogen-bond acceptors (Lipinski definition) is 4. The van der Waals surface area contributed by atoms with E-state index in [1.165, 1.54) is 4.31 Å². The zero-order valence-corrected chi connectivity index (χ0v) is 11.3. The van der Waals surface area contributed by atoms with Gasteiger partial charge in [0.2, 0.25) is 10.0 Å². The van der Waals surface area contributed by atoms with Gasteiger partial charge >= 0.3 is 0 Å². The monoisotopic (exact) mass is 280 g/mol. The van der Waals surface area contributed by atoms with Gasteiger partial charge in [0.15, 0.2) is 0 Å². The molecule has 0 unspecified atom stereocenters. The molecule has 0 aromatic heterocycles. The molecule has 6 heteroatoms. The third kappa shape index (κ3) is 3.33. The summed E-state index contributed by atoms with van der Waals surface area (Å²) in [7, 11) is -3.46. The first-order valence-corrected chi connectivity index (χ1v) is 7.45. The largest absolute Gasteiger partial charge is 0.379 e. The van der Waals surface area contributed by atoms with Crippen molar-refractivity contribution in [3.63, 3.8) is 0 Å². The number of rotatable bonds is 2. The maximum absolute atomic E-state index is 12.4. The van der Waals surface area contributed by atoms with Crippen LogP contribution >= 0.6 is 0 Å². The van der Waals surface area contributed by atoms with Crippen molar-refractivity contribution >= 4 is 10.0 Å². The fourth-order valence-corrected chi connectivity index (χ4v) is 3.28. The van der Waals surface area contributed by atoms with Crippen LogP contribution in [0.1, 0.15) is 5.56 Å². The Kier molecular flexibility index (Phi) is 4.56. The molecule has 1 heterocycles. The topological polar surface area (TPSA) is 72.6 Å². The lowest BCUT2D eigenvalue weighted by Gasteiger charge is -2.26. The zero-order chi connectivity index (χ0) is 13.7. The van der Waals surface area contributed by atoms with Crippen molar-refractivity contribution in [3.05, 3.63) is 29.8 Å². The fraction of sp³-hybridized carbons (Fsp3) is 0.385. The molecular formula is C13H16N2O3S. The predicted octanol–water partition coefficient (Wildman–Crippen LogP) is 0.0177. The normalized spacial score (nSPS) is 16.7. The molecule has 2 rings (SSSR count). The van der Waals surface area contributed by atoms with Gasteiger partial charge in [-0.2, -0.15) is 4.31 Å². The fourth-order valence-electron chi connectivity index (χ4n) is 1.82. The molecule has 1 aliphatic heterocycles. The second-order valence-electron chi connectivity index (χ2n) is 4.05. The summed E-state index contributed by atoms with van der Waals surface area (Å²) in [5.74, 6) is 5.55. The van der Waals surface area contributed by atoms with Gasteiger partial charge in [-0.25, -0.2) is 8.42 Å². The third-order valence-corrected chi connectivity index (χ3v) is 4.67. The van der Waals surface area contributed by atoms with Gasteiger partial charge < -0.3 is 10.5 Å². The van der Waals surface area contributed by atoms with E-state index >= 15 is 0 Å². The summed E-state index contributed by atoms with van der Waals surface area (Å²) in [6, 6.07) is 6.61. The Morgan fingerprint density at radius 2 is 2.05 bits per heavy atom. The van der Waals surface area contributed by atoms with Crippen LogP contribution in [0, 0.1) is 11.8 Å².